The first-order valence-corrected chi connectivity index (χ1v) is 7.09. The van der Waals surface area contributed by atoms with E-state index >= 15 is 0 Å². The number of carbonyl (C=O) groups is 2. The molecule has 0 aliphatic heterocycles. The van der Waals surface area contributed by atoms with Crippen molar-refractivity contribution in [3.05, 3.63) is 16.0 Å². The van der Waals surface area contributed by atoms with Crippen molar-refractivity contribution in [1.82, 2.24) is 0 Å². The number of carbonyl (C=O) groups excluding carboxylic acids is 1. The third-order valence-corrected chi connectivity index (χ3v) is 4.63. The number of anilines is 1. The molecule has 116 valence electrons. The zero-order chi connectivity index (χ0) is 16.0. The van der Waals surface area contributed by atoms with Gasteiger partial charge in [0.25, 0.3) is 0 Å². The van der Waals surface area contributed by atoms with Crippen molar-refractivity contribution < 1.29 is 27.9 Å². The Morgan fingerprint density at radius 1 is 1.33 bits per heavy atom. The minimum Gasteiger partial charge on any atom is -0.478 e. The fourth-order valence-corrected chi connectivity index (χ4v) is 3.89. The number of rotatable bonds is 2. The van der Waals surface area contributed by atoms with Gasteiger partial charge in [-0.15, -0.1) is 11.3 Å². The molecule has 4 nitrogen and oxygen atoms in total. The largest absolute Gasteiger partial charge is 0.478 e. The molecular formula is C13H14F3NO3S. The highest BCUT2D eigenvalue weighted by atomic mass is 32.1. The summed E-state index contributed by atoms with van der Waals surface area (Å²) in [5, 5.41) is 10.7. The van der Waals surface area contributed by atoms with Gasteiger partial charge < -0.3 is 10.4 Å². The zero-order valence-electron chi connectivity index (χ0n) is 11.4. The average molecular weight is 321 g/mol. The predicted octanol–water partition coefficient (Wildman–Crippen LogP) is 3.46. The van der Waals surface area contributed by atoms with Crippen molar-refractivity contribution in [1.29, 1.82) is 0 Å². The Morgan fingerprint density at radius 3 is 2.48 bits per heavy atom. The lowest BCUT2D eigenvalue weighted by Crippen LogP contribution is -2.30. The molecule has 1 aromatic heterocycles. The van der Waals surface area contributed by atoms with Crippen LogP contribution in [0, 0.1) is 5.41 Å². The van der Waals surface area contributed by atoms with Gasteiger partial charge in [-0.25, -0.2) is 4.79 Å². The molecule has 0 fully saturated rings. The maximum Gasteiger partial charge on any atom is 0.471 e. The lowest BCUT2D eigenvalue weighted by atomic mass is 9.77. The van der Waals surface area contributed by atoms with E-state index in [0.717, 1.165) is 22.6 Å². The van der Waals surface area contributed by atoms with E-state index in [1.165, 1.54) is 0 Å². The number of aromatic carboxylic acids is 1. The monoisotopic (exact) mass is 321 g/mol. The number of halogens is 3. The Bertz CT molecular complexity index is 605. The molecule has 1 aliphatic carbocycles. The maximum atomic E-state index is 12.3. The third-order valence-electron chi connectivity index (χ3n) is 3.48. The van der Waals surface area contributed by atoms with Gasteiger partial charge in [0.1, 0.15) is 5.00 Å². The fraction of sp³-hybridized carbons (Fsp3) is 0.538. The lowest BCUT2D eigenvalue weighted by molar-refractivity contribution is -0.167. The summed E-state index contributed by atoms with van der Waals surface area (Å²) < 4.78 is 37.0. The van der Waals surface area contributed by atoms with Crippen LogP contribution in [0.25, 0.3) is 0 Å². The van der Waals surface area contributed by atoms with E-state index in [0.29, 0.717) is 18.4 Å². The Morgan fingerprint density at radius 2 is 1.95 bits per heavy atom. The van der Waals surface area contributed by atoms with Crippen molar-refractivity contribution in [2.45, 2.75) is 39.3 Å². The van der Waals surface area contributed by atoms with Crippen LogP contribution in [0.2, 0.25) is 0 Å². The van der Waals surface area contributed by atoms with Gasteiger partial charge in [0.2, 0.25) is 0 Å². The average Bonchev–Trinajstić information content (AvgIpc) is 2.63. The van der Waals surface area contributed by atoms with Crippen LogP contribution < -0.4 is 5.32 Å². The number of carboxylic acid groups (broad SMARTS) is 1. The summed E-state index contributed by atoms with van der Waals surface area (Å²) in [7, 11) is 0. The minimum atomic E-state index is -5.04. The standard InChI is InChI=1S/C13H14F3NO3S/c1-12(2)4-3-6-7(5-12)21-9(8(6)10(18)19)17-11(20)13(14,15)16/h3-5H2,1-2H3,(H,17,20)(H,18,19). The molecule has 1 amide bonds. The molecule has 1 aromatic rings. The van der Waals surface area contributed by atoms with Crippen LogP contribution in [-0.4, -0.2) is 23.2 Å². The van der Waals surface area contributed by atoms with Crippen LogP contribution in [0.15, 0.2) is 0 Å². The summed E-state index contributed by atoms with van der Waals surface area (Å²) in [4.78, 5) is 23.1. The van der Waals surface area contributed by atoms with Crippen molar-refractivity contribution >= 4 is 28.2 Å². The van der Waals surface area contributed by atoms with Crippen molar-refractivity contribution in [2.24, 2.45) is 5.41 Å². The van der Waals surface area contributed by atoms with Crippen LogP contribution in [0.5, 0.6) is 0 Å². The molecule has 0 atom stereocenters. The van der Waals surface area contributed by atoms with Crippen molar-refractivity contribution in [2.75, 3.05) is 5.32 Å². The summed E-state index contributed by atoms with van der Waals surface area (Å²) in [6.07, 6.45) is -3.21. The minimum absolute atomic E-state index is 0.0288. The molecule has 0 spiro atoms. The molecule has 0 aromatic carbocycles. The first-order valence-electron chi connectivity index (χ1n) is 6.27. The first kappa shape index (κ1) is 15.8. The van der Waals surface area contributed by atoms with Gasteiger partial charge in [0.15, 0.2) is 0 Å². The van der Waals surface area contributed by atoms with Gasteiger partial charge in [-0.3, -0.25) is 4.79 Å². The molecule has 21 heavy (non-hydrogen) atoms. The summed E-state index contributed by atoms with van der Waals surface area (Å²) in [6, 6.07) is 0. The van der Waals surface area contributed by atoms with Gasteiger partial charge in [-0.2, -0.15) is 13.2 Å². The van der Waals surface area contributed by atoms with E-state index in [1.807, 2.05) is 13.8 Å². The van der Waals surface area contributed by atoms with Crippen LogP contribution in [0.4, 0.5) is 18.2 Å². The summed E-state index contributed by atoms with van der Waals surface area (Å²) in [5.41, 5.74) is 0.311. The van der Waals surface area contributed by atoms with Crippen molar-refractivity contribution in [3.63, 3.8) is 0 Å². The van der Waals surface area contributed by atoms with Gasteiger partial charge in [0.05, 0.1) is 5.56 Å². The second kappa shape index (κ2) is 5.01. The second-order valence-corrected chi connectivity index (χ2v) is 6.91. The highest BCUT2D eigenvalue weighted by molar-refractivity contribution is 7.17. The third kappa shape index (κ3) is 3.20. The number of carboxylic acids is 1. The Hall–Kier alpha value is -1.57. The highest BCUT2D eigenvalue weighted by Gasteiger charge is 2.40. The van der Waals surface area contributed by atoms with Gasteiger partial charge in [0, 0.05) is 4.88 Å². The van der Waals surface area contributed by atoms with Crippen LogP contribution in [0.1, 0.15) is 41.1 Å². The maximum absolute atomic E-state index is 12.3. The molecule has 2 N–H and O–H groups in total. The number of fused-ring (bicyclic) bond motifs is 1. The molecule has 0 unspecified atom stereocenters. The molecule has 0 saturated heterocycles. The van der Waals surface area contributed by atoms with E-state index in [9.17, 15) is 27.9 Å². The normalized spacial score (nSPS) is 17.2. The number of thiophene rings is 1. The summed E-state index contributed by atoms with van der Waals surface area (Å²) >= 11 is 0.924. The van der Waals surface area contributed by atoms with E-state index < -0.39 is 18.1 Å². The molecular weight excluding hydrogens is 307 g/mol. The molecule has 2 rings (SSSR count). The second-order valence-electron chi connectivity index (χ2n) is 5.81. The Labute approximate surface area is 123 Å². The zero-order valence-corrected chi connectivity index (χ0v) is 12.2. The topological polar surface area (TPSA) is 66.4 Å². The van der Waals surface area contributed by atoms with Crippen LogP contribution in [0.3, 0.4) is 0 Å². The summed E-state index contributed by atoms with van der Waals surface area (Å²) in [6.45, 7) is 4.04. The molecule has 1 aliphatic rings. The summed E-state index contributed by atoms with van der Waals surface area (Å²) in [5.74, 6) is -3.47. The van der Waals surface area contributed by atoms with E-state index in [1.54, 1.807) is 5.32 Å². The van der Waals surface area contributed by atoms with Crippen LogP contribution >= 0.6 is 11.3 Å². The van der Waals surface area contributed by atoms with Gasteiger partial charge in [-0.1, -0.05) is 13.8 Å². The first-order chi connectivity index (χ1) is 9.51. The van der Waals surface area contributed by atoms with Crippen molar-refractivity contribution in [3.8, 4) is 0 Å². The quantitative estimate of drug-likeness (QED) is 0.876. The number of amides is 1. The number of nitrogens with one attached hydrogen (secondary N) is 1. The number of hydrogen-bond acceptors (Lipinski definition) is 3. The molecule has 0 bridgehead atoms. The van der Waals surface area contributed by atoms with E-state index in [-0.39, 0.29) is 16.0 Å². The van der Waals surface area contributed by atoms with Gasteiger partial charge >= 0.3 is 18.1 Å². The molecule has 8 heteroatoms. The molecule has 0 radical (unpaired) electrons. The lowest BCUT2D eigenvalue weighted by Gasteiger charge is -2.29. The smallest absolute Gasteiger partial charge is 0.471 e. The van der Waals surface area contributed by atoms with E-state index in [2.05, 4.69) is 0 Å². The van der Waals surface area contributed by atoms with Crippen LogP contribution in [-0.2, 0) is 17.6 Å². The predicted molar refractivity (Wildman–Crippen MR) is 71.8 cm³/mol. The highest BCUT2D eigenvalue weighted by Crippen LogP contribution is 2.44. The Balaban J connectivity index is 2.41. The molecule has 1 heterocycles. The fourth-order valence-electron chi connectivity index (χ4n) is 2.39. The number of hydrogen-bond donors (Lipinski definition) is 2. The number of alkyl halides is 3. The van der Waals surface area contributed by atoms with Gasteiger partial charge in [-0.05, 0) is 30.2 Å². The van der Waals surface area contributed by atoms with E-state index in [4.69, 9.17) is 0 Å². The SMILES string of the molecule is CC1(C)CCc2c(sc(NC(=O)C(F)(F)F)c2C(=O)O)C1. The molecule has 0 saturated carbocycles. The Kier molecular flexibility index (Phi) is 3.77.